The minimum atomic E-state index is -0.529. The van der Waals surface area contributed by atoms with Crippen molar-refractivity contribution in [3.05, 3.63) is 54.1 Å². The van der Waals surface area contributed by atoms with Crippen LogP contribution in [0.3, 0.4) is 0 Å². The zero-order chi connectivity index (χ0) is 9.97. The smallest absolute Gasteiger partial charge is 0.131 e. The third-order valence-electron chi connectivity index (χ3n) is 1.96. The third-order valence-corrected chi connectivity index (χ3v) is 1.96. The van der Waals surface area contributed by atoms with Gasteiger partial charge in [-0.2, -0.15) is 0 Å². The lowest BCUT2D eigenvalue weighted by Gasteiger charge is -2.04. The maximum absolute atomic E-state index is 13.2. The number of benzene rings is 1. The first-order valence-electron chi connectivity index (χ1n) is 4.16. The SMILES string of the molecule is Fc1cccc(F)c1Cn1ccnc1. The minimum absolute atomic E-state index is 0.0606. The van der Waals surface area contributed by atoms with Crippen LogP contribution in [-0.4, -0.2) is 9.55 Å². The second-order valence-electron chi connectivity index (χ2n) is 2.94. The van der Waals surface area contributed by atoms with Crippen LogP contribution < -0.4 is 0 Å². The number of hydrogen-bond donors (Lipinski definition) is 0. The average molecular weight is 194 g/mol. The summed E-state index contributed by atoms with van der Waals surface area (Å²) in [5.41, 5.74) is 0.0606. The van der Waals surface area contributed by atoms with Gasteiger partial charge in [-0.1, -0.05) is 6.07 Å². The van der Waals surface area contributed by atoms with Crippen molar-refractivity contribution in [1.82, 2.24) is 9.55 Å². The summed E-state index contributed by atoms with van der Waals surface area (Å²) in [5, 5.41) is 0. The molecule has 2 rings (SSSR count). The van der Waals surface area contributed by atoms with Crippen molar-refractivity contribution >= 4 is 0 Å². The highest BCUT2D eigenvalue weighted by Crippen LogP contribution is 2.13. The van der Waals surface area contributed by atoms with E-state index in [2.05, 4.69) is 4.98 Å². The summed E-state index contributed by atoms with van der Waals surface area (Å²) < 4.78 is 27.9. The Balaban J connectivity index is 2.33. The van der Waals surface area contributed by atoms with Crippen LogP contribution in [0, 0.1) is 11.6 Å². The Labute approximate surface area is 79.8 Å². The van der Waals surface area contributed by atoms with Gasteiger partial charge in [0, 0.05) is 18.0 Å². The van der Waals surface area contributed by atoms with Crippen molar-refractivity contribution < 1.29 is 8.78 Å². The highest BCUT2D eigenvalue weighted by Gasteiger charge is 2.07. The van der Waals surface area contributed by atoms with E-state index in [0.717, 1.165) is 0 Å². The molecule has 4 heteroatoms. The Bertz CT molecular complexity index is 403. The maximum Gasteiger partial charge on any atom is 0.131 e. The van der Waals surface area contributed by atoms with Crippen molar-refractivity contribution in [2.45, 2.75) is 6.54 Å². The predicted molar refractivity (Wildman–Crippen MR) is 47.7 cm³/mol. The lowest BCUT2D eigenvalue weighted by Crippen LogP contribution is -2.02. The van der Waals surface area contributed by atoms with Gasteiger partial charge in [0.25, 0.3) is 0 Å². The Kier molecular flexibility index (Phi) is 2.26. The second-order valence-corrected chi connectivity index (χ2v) is 2.94. The molecule has 0 aliphatic heterocycles. The molecule has 0 aliphatic rings. The zero-order valence-electron chi connectivity index (χ0n) is 7.32. The molecule has 14 heavy (non-hydrogen) atoms. The van der Waals surface area contributed by atoms with E-state index in [-0.39, 0.29) is 12.1 Å². The molecule has 1 heterocycles. The fourth-order valence-electron chi connectivity index (χ4n) is 1.25. The first-order chi connectivity index (χ1) is 6.77. The van der Waals surface area contributed by atoms with Gasteiger partial charge in [0.05, 0.1) is 12.9 Å². The molecule has 0 fully saturated rings. The predicted octanol–water partition coefficient (Wildman–Crippen LogP) is 2.21. The second kappa shape index (κ2) is 3.57. The summed E-state index contributed by atoms with van der Waals surface area (Å²) in [5.74, 6) is -1.06. The first kappa shape index (κ1) is 8.87. The molecule has 0 amide bonds. The van der Waals surface area contributed by atoms with Crippen LogP contribution >= 0.6 is 0 Å². The summed E-state index contributed by atoms with van der Waals surface area (Å²) in [7, 11) is 0. The molecule has 0 saturated carbocycles. The summed E-state index contributed by atoms with van der Waals surface area (Å²) in [6.45, 7) is 0.165. The summed E-state index contributed by atoms with van der Waals surface area (Å²) in [6, 6.07) is 3.84. The zero-order valence-corrected chi connectivity index (χ0v) is 7.32. The largest absolute Gasteiger partial charge is 0.333 e. The van der Waals surface area contributed by atoms with Crippen LogP contribution in [0.5, 0.6) is 0 Å². The van der Waals surface area contributed by atoms with E-state index >= 15 is 0 Å². The molecule has 0 radical (unpaired) electrons. The average Bonchev–Trinajstić information content (AvgIpc) is 2.64. The van der Waals surface area contributed by atoms with E-state index in [0.29, 0.717) is 0 Å². The third kappa shape index (κ3) is 1.64. The molecule has 0 aliphatic carbocycles. The minimum Gasteiger partial charge on any atom is -0.333 e. The Hall–Kier alpha value is -1.71. The van der Waals surface area contributed by atoms with E-state index in [1.807, 2.05) is 0 Å². The standard InChI is InChI=1S/C10H8F2N2/c11-9-2-1-3-10(12)8(9)6-14-5-4-13-7-14/h1-5,7H,6H2. The molecule has 1 aromatic heterocycles. The molecule has 2 aromatic rings. The summed E-state index contributed by atoms with van der Waals surface area (Å²) >= 11 is 0. The number of rotatable bonds is 2. The number of aromatic nitrogens is 2. The van der Waals surface area contributed by atoms with Gasteiger partial charge in [0.1, 0.15) is 11.6 Å². The molecule has 0 N–H and O–H groups in total. The van der Waals surface area contributed by atoms with Gasteiger partial charge in [0.15, 0.2) is 0 Å². The van der Waals surface area contributed by atoms with Crippen LogP contribution in [0.2, 0.25) is 0 Å². The lowest BCUT2D eigenvalue weighted by molar-refractivity contribution is 0.544. The monoisotopic (exact) mass is 194 g/mol. The molecule has 2 nitrogen and oxygen atoms in total. The number of imidazole rings is 1. The molecular weight excluding hydrogens is 186 g/mol. The van der Waals surface area contributed by atoms with Gasteiger partial charge < -0.3 is 4.57 Å². The van der Waals surface area contributed by atoms with Crippen molar-refractivity contribution in [2.24, 2.45) is 0 Å². The first-order valence-corrected chi connectivity index (χ1v) is 4.16. The Morgan fingerprint density at radius 1 is 1.21 bits per heavy atom. The van der Waals surface area contributed by atoms with E-state index in [1.165, 1.54) is 24.5 Å². The summed E-state index contributed by atoms with van der Waals surface area (Å²) in [4.78, 5) is 3.80. The highest BCUT2D eigenvalue weighted by molar-refractivity contribution is 5.19. The maximum atomic E-state index is 13.2. The van der Waals surface area contributed by atoms with E-state index in [4.69, 9.17) is 0 Å². The van der Waals surface area contributed by atoms with Crippen molar-refractivity contribution in [1.29, 1.82) is 0 Å². The van der Waals surface area contributed by atoms with E-state index < -0.39 is 11.6 Å². The van der Waals surface area contributed by atoms with Crippen LogP contribution in [0.25, 0.3) is 0 Å². The summed E-state index contributed by atoms with van der Waals surface area (Å²) in [6.07, 6.45) is 4.75. The van der Waals surface area contributed by atoms with Crippen LogP contribution in [0.1, 0.15) is 5.56 Å². The molecular formula is C10H8F2N2. The number of nitrogens with zero attached hydrogens (tertiary/aromatic N) is 2. The molecule has 72 valence electrons. The van der Waals surface area contributed by atoms with Crippen LogP contribution in [-0.2, 0) is 6.54 Å². The van der Waals surface area contributed by atoms with Crippen molar-refractivity contribution in [2.75, 3.05) is 0 Å². The molecule has 0 bridgehead atoms. The topological polar surface area (TPSA) is 17.8 Å². The normalized spacial score (nSPS) is 10.4. The Morgan fingerprint density at radius 2 is 1.93 bits per heavy atom. The van der Waals surface area contributed by atoms with Gasteiger partial charge >= 0.3 is 0 Å². The van der Waals surface area contributed by atoms with Gasteiger partial charge in [-0.3, -0.25) is 0 Å². The van der Waals surface area contributed by atoms with Gasteiger partial charge in [-0.25, -0.2) is 13.8 Å². The number of halogens is 2. The fourth-order valence-corrected chi connectivity index (χ4v) is 1.25. The quantitative estimate of drug-likeness (QED) is 0.716. The van der Waals surface area contributed by atoms with Gasteiger partial charge in [-0.05, 0) is 12.1 Å². The van der Waals surface area contributed by atoms with Crippen molar-refractivity contribution in [3.8, 4) is 0 Å². The van der Waals surface area contributed by atoms with E-state index in [9.17, 15) is 8.78 Å². The molecule has 0 atom stereocenters. The van der Waals surface area contributed by atoms with Crippen LogP contribution in [0.4, 0.5) is 8.78 Å². The van der Waals surface area contributed by atoms with Gasteiger partial charge in [-0.15, -0.1) is 0 Å². The van der Waals surface area contributed by atoms with Crippen molar-refractivity contribution in [3.63, 3.8) is 0 Å². The highest BCUT2D eigenvalue weighted by atomic mass is 19.1. The number of hydrogen-bond acceptors (Lipinski definition) is 1. The molecule has 0 unspecified atom stereocenters. The van der Waals surface area contributed by atoms with Gasteiger partial charge in [0.2, 0.25) is 0 Å². The van der Waals surface area contributed by atoms with Crippen LogP contribution in [0.15, 0.2) is 36.9 Å². The molecule has 1 aromatic carbocycles. The molecule has 0 saturated heterocycles. The fraction of sp³-hybridized carbons (Fsp3) is 0.100. The van der Waals surface area contributed by atoms with E-state index in [1.54, 1.807) is 17.0 Å². The lowest BCUT2D eigenvalue weighted by atomic mass is 10.2. The Morgan fingerprint density at radius 3 is 2.50 bits per heavy atom. The molecule has 0 spiro atoms.